The van der Waals surface area contributed by atoms with Gasteiger partial charge in [0.1, 0.15) is 36.0 Å². The topological polar surface area (TPSA) is 213 Å². The number of hydrogen-bond acceptors (Lipinski definition) is 13. The minimum atomic E-state index is -1.27. The van der Waals surface area contributed by atoms with E-state index < -0.39 is 48.7 Å². The lowest BCUT2D eigenvalue weighted by Crippen LogP contribution is -2.67. The zero-order valence-corrected chi connectivity index (χ0v) is 74.1. The Hall–Kier alpha value is -1.62. The summed E-state index contributed by atoms with van der Waals surface area (Å²) in [6.07, 6.45) is 27.1. The first-order valence-electron chi connectivity index (χ1n) is 46.0. The number of carbonyl (C=O) groups excluding carboxylic acids is 2. The van der Waals surface area contributed by atoms with Crippen molar-refractivity contribution in [2.24, 2.45) is 163 Å². The van der Waals surface area contributed by atoms with Crippen LogP contribution in [-0.4, -0.2) is 127 Å². The Labute approximate surface area is 671 Å². The molecule has 3 aliphatic heterocycles. The maximum absolute atomic E-state index is 13.2. The molecule has 0 aromatic rings. The van der Waals surface area contributed by atoms with Gasteiger partial charge in [0.25, 0.3) is 0 Å². The van der Waals surface area contributed by atoms with Crippen LogP contribution in [0.2, 0.25) is 0 Å². The van der Waals surface area contributed by atoms with Gasteiger partial charge in [0, 0.05) is 22.2 Å². The molecule has 15 aliphatic carbocycles. The molecule has 13 heteroatoms. The first-order valence-corrected chi connectivity index (χ1v) is 46.0. The van der Waals surface area contributed by atoms with E-state index in [1.54, 1.807) is 11.1 Å². The van der Waals surface area contributed by atoms with Crippen molar-refractivity contribution in [3.63, 3.8) is 0 Å². The molecule has 11 unspecified atom stereocenters. The predicted octanol–water partition coefficient (Wildman–Crippen LogP) is 18.7. The van der Waals surface area contributed by atoms with Crippen molar-refractivity contribution in [2.75, 3.05) is 6.61 Å². The van der Waals surface area contributed by atoms with E-state index in [9.17, 15) is 45.3 Å². The van der Waals surface area contributed by atoms with Gasteiger partial charge in [0.15, 0.2) is 12.1 Å². The summed E-state index contributed by atoms with van der Waals surface area (Å²) in [6, 6.07) is 0. The van der Waals surface area contributed by atoms with Crippen LogP contribution in [0.15, 0.2) is 23.3 Å². The number of fused-ring (bicyclic) bond motifs is 18. The fourth-order valence-electron chi connectivity index (χ4n) is 36.2. The van der Waals surface area contributed by atoms with E-state index in [0.717, 1.165) is 109 Å². The number of allylic oxidation sites excluding steroid dienone is 4. The Morgan fingerprint density at radius 2 is 1.08 bits per heavy atom. The van der Waals surface area contributed by atoms with Gasteiger partial charge in [-0.05, 0) is 322 Å². The van der Waals surface area contributed by atoms with Crippen LogP contribution in [0, 0.1) is 163 Å². The SMILES string of the molecule is CC(=O)[C@]12CCC(C)(C)CC1C1=CCC3[C@@]4(C)C[C@@H](O)[C@H](O)C(C)(C)C4CC[C@@]3(C)[C@]1(C)CC2.CC(=O)[C@]12CC[C@@H](C)[C@H](C)C1C1=CCC3[C@@]4(C)CC[C@H](O)C(C)(C)C4CC[C@@]3(C)[C@]1(C)CC2.C[C@@H]1C[C@@H]2O[C@@]3(O[C@@H]2C(C)(C)C)C(O)[C@@]2(C)C4CCC5C(C)(C)[C@@H](OC6OC[C@H](O)[C@@H](O)[C@@H]6O)CC[C@@]56C[C@@]46CC[C@]2(C)C13. The molecule has 36 atom stereocenters. The largest absolute Gasteiger partial charge is 0.393 e. The van der Waals surface area contributed by atoms with Crippen molar-refractivity contribution >= 4 is 11.6 Å². The molecule has 628 valence electrons. The van der Waals surface area contributed by atoms with Crippen molar-refractivity contribution in [3.05, 3.63) is 23.3 Å². The monoisotopic (exact) mass is 1540 g/mol. The molecule has 0 amide bonds. The van der Waals surface area contributed by atoms with Crippen LogP contribution < -0.4 is 0 Å². The Morgan fingerprint density at radius 3 is 1.71 bits per heavy atom. The molecule has 0 aromatic carbocycles. The van der Waals surface area contributed by atoms with Crippen molar-refractivity contribution in [1.29, 1.82) is 0 Å². The minimum absolute atomic E-state index is 0.00287. The Bertz CT molecular complexity index is 3730. The van der Waals surface area contributed by atoms with Gasteiger partial charge < -0.3 is 54.7 Å². The van der Waals surface area contributed by atoms with Gasteiger partial charge >= 0.3 is 0 Å². The molecule has 18 rings (SSSR count). The normalized spacial score (nSPS) is 57.5. The van der Waals surface area contributed by atoms with Gasteiger partial charge in [-0.1, -0.05) is 176 Å². The quantitative estimate of drug-likeness (QED) is 0.103. The number of aliphatic hydroxyl groups is 7. The molecule has 2 bridgehead atoms. The van der Waals surface area contributed by atoms with E-state index in [0.29, 0.717) is 88.5 Å². The van der Waals surface area contributed by atoms with E-state index in [4.69, 9.17) is 18.9 Å². The lowest BCUT2D eigenvalue weighted by molar-refractivity contribution is -0.303. The molecule has 18 aliphatic rings. The van der Waals surface area contributed by atoms with E-state index in [1.165, 1.54) is 51.4 Å². The molecular weight excluding hydrogens is 1390 g/mol. The summed E-state index contributed by atoms with van der Waals surface area (Å²) in [5.74, 6) is 5.75. The number of carbonyl (C=O) groups is 2. The first-order chi connectivity index (χ1) is 51.2. The second-order valence-electron chi connectivity index (χ2n) is 49.2. The molecule has 3 spiro atoms. The highest BCUT2D eigenvalue weighted by Gasteiger charge is 2.89. The summed E-state index contributed by atoms with van der Waals surface area (Å²) < 4.78 is 26.2. The maximum Gasteiger partial charge on any atom is 0.199 e. The number of hydrogen-bond donors (Lipinski definition) is 7. The van der Waals surface area contributed by atoms with Gasteiger partial charge in [0.05, 0.1) is 43.2 Å². The average Bonchev–Trinajstić information content (AvgIpc) is 1.45. The fraction of sp³-hybridized carbons (Fsp3) is 0.939. The van der Waals surface area contributed by atoms with Gasteiger partial charge in [-0.25, -0.2) is 0 Å². The van der Waals surface area contributed by atoms with Crippen molar-refractivity contribution < 1.29 is 64.3 Å². The standard InChI is InChI=1S/C36H58O8.C31H50O3.C31H50O2/c1-18-15-20-27(30(2,3)4)44-36(43-20)26(18)32(7)13-14-35-17-34(35)12-11-23(42-28-25(39)24(38)19(37)16-41-28)31(5,6)21(34)9-10-22(35)33(32,8)29(36)40;1-19(32)31-15-13-26(2,3)17-21(31)20-9-10-24-28(6)18-22(33)25(34)27(4,5)23(28)11-12-30(24,8)29(20,7)14-16-31;1-19-11-16-31(21(3)32)18-17-29(7)22(26(31)20(19)2)9-10-24-28(6)14-13-25(33)27(4,5)23(28)12-15-30(24,29)8/h18-29,37-40H,9-17H2,1-8H3;9,21-25,33-34H,10-18H2,1-8H3;9,19-20,23-26,33H,10-18H2,1-8H3/t18-,19+,20+,21?,22?,23+,24-,25+,26?,27+,28?,29?,32-,33-,34-,35+,36+;21?,22-,23?,24?,25+,28+,29-,30-,31-;19-,20+,23?,24?,25+,26?,28+,29-,30-,31-/m111/s1. The Balaban J connectivity index is 0.000000128. The van der Waals surface area contributed by atoms with E-state index in [2.05, 4.69) is 164 Å². The number of ketones is 2. The average molecular weight is 1540 g/mol. The molecule has 0 radical (unpaired) electrons. The molecule has 0 aromatic heterocycles. The van der Waals surface area contributed by atoms with E-state index in [-0.39, 0.29) is 124 Å². The number of aliphatic hydroxyl groups excluding tert-OH is 7. The predicted molar refractivity (Wildman–Crippen MR) is 435 cm³/mol. The molecule has 16 fully saturated rings. The lowest BCUT2D eigenvalue weighted by atomic mass is 9.33. The summed E-state index contributed by atoms with van der Waals surface area (Å²) >= 11 is 0. The number of Topliss-reactive ketones (excluding diaryl/α,β-unsaturated/α-hetero) is 2. The zero-order chi connectivity index (χ0) is 80.9. The summed E-state index contributed by atoms with van der Waals surface area (Å²) in [5.41, 5.74) is 3.97. The van der Waals surface area contributed by atoms with Crippen LogP contribution in [0.1, 0.15) is 333 Å². The van der Waals surface area contributed by atoms with Crippen LogP contribution in [-0.2, 0) is 28.5 Å². The van der Waals surface area contributed by atoms with Crippen LogP contribution in [0.25, 0.3) is 0 Å². The number of rotatable bonds is 4. The lowest BCUT2D eigenvalue weighted by Gasteiger charge is -2.71. The highest BCUT2D eigenvalue weighted by molar-refractivity contribution is 5.84. The molecular formula is C98H158O13. The van der Waals surface area contributed by atoms with E-state index in [1.807, 2.05) is 13.8 Å². The zero-order valence-electron chi connectivity index (χ0n) is 74.1. The van der Waals surface area contributed by atoms with Crippen LogP contribution in [0.3, 0.4) is 0 Å². The van der Waals surface area contributed by atoms with Gasteiger partial charge in [-0.3, -0.25) is 9.59 Å². The molecule has 111 heavy (non-hydrogen) atoms. The maximum atomic E-state index is 13.2. The van der Waals surface area contributed by atoms with Crippen molar-refractivity contribution in [1.82, 2.24) is 0 Å². The molecule has 13 saturated carbocycles. The summed E-state index contributed by atoms with van der Waals surface area (Å²) in [6.45, 7) is 56.5. The van der Waals surface area contributed by atoms with Crippen LogP contribution in [0.5, 0.6) is 0 Å². The second kappa shape index (κ2) is 25.7. The summed E-state index contributed by atoms with van der Waals surface area (Å²) in [7, 11) is 0. The molecule has 7 N–H and O–H groups in total. The summed E-state index contributed by atoms with van der Waals surface area (Å²) in [4.78, 5) is 26.4. The smallest absolute Gasteiger partial charge is 0.199 e. The van der Waals surface area contributed by atoms with Gasteiger partial charge in [0.2, 0.25) is 0 Å². The Morgan fingerprint density at radius 1 is 0.505 bits per heavy atom. The van der Waals surface area contributed by atoms with Crippen molar-refractivity contribution in [3.8, 4) is 0 Å². The van der Waals surface area contributed by atoms with Gasteiger partial charge in [-0.15, -0.1) is 0 Å². The van der Waals surface area contributed by atoms with Crippen molar-refractivity contribution in [2.45, 2.75) is 406 Å². The number of ether oxygens (including phenoxy) is 4. The molecule has 13 nitrogen and oxygen atoms in total. The first kappa shape index (κ1) is 83.0. The third-order valence-corrected chi connectivity index (χ3v) is 43.0. The highest BCUT2D eigenvalue weighted by Crippen LogP contribution is 2.91. The van der Waals surface area contributed by atoms with Crippen LogP contribution >= 0.6 is 0 Å². The van der Waals surface area contributed by atoms with Crippen LogP contribution in [0.4, 0.5) is 0 Å². The summed E-state index contributed by atoms with van der Waals surface area (Å²) in [5, 5.41) is 76.4. The minimum Gasteiger partial charge on any atom is -0.393 e. The van der Waals surface area contributed by atoms with Gasteiger partial charge in [-0.2, -0.15) is 0 Å². The Kier molecular flexibility index (Phi) is 19.3. The molecule has 3 saturated heterocycles. The molecule has 3 heterocycles. The third kappa shape index (κ3) is 10.6. The second-order valence-corrected chi connectivity index (χ2v) is 49.2. The fourth-order valence-corrected chi connectivity index (χ4v) is 36.2. The highest BCUT2D eigenvalue weighted by atomic mass is 16.8. The van der Waals surface area contributed by atoms with E-state index >= 15 is 0 Å². The third-order valence-electron chi connectivity index (χ3n) is 43.0.